The molecule has 3 aromatic carbocycles. The van der Waals surface area contributed by atoms with Crippen molar-refractivity contribution >= 4 is 50.5 Å². The number of carbonyl (C=O) groups is 1. The van der Waals surface area contributed by atoms with E-state index in [9.17, 15) is 13.2 Å². The van der Waals surface area contributed by atoms with E-state index in [0.717, 1.165) is 29.1 Å². The molecule has 3 rings (SSSR count). The van der Waals surface area contributed by atoms with Gasteiger partial charge in [0.25, 0.3) is 10.0 Å². The summed E-state index contributed by atoms with van der Waals surface area (Å²) in [6.07, 6.45) is 3.17. The molecule has 0 saturated heterocycles. The van der Waals surface area contributed by atoms with Crippen LogP contribution in [-0.2, 0) is 21.2 Å². The summed E-state index contributed by atoms with van der Waals surface area (Å²) < 4.78 is 28.0. The molecule has 5 nitrogen and oxygen atoms in total. The Morgan fingerprint density at radius 1 is 0.970 bits per heavy atom. The molecular weight excluding hydrogens is 479 g/mol. The number of nitrogens with zero attached hydrogens (tertiary/aromatic N) is 1. The van der Waals surface area contributed by atoms with Crippen molar-refractivity contribution in [1.29, 1.82) is 0 Å². The van der Waals surface area contributed by atoms with Crippen LogP contribution < -0.4 is 9.62 Å². The molecule has 8 heteroatoms. The highest BCUT2D eigenvalue weighted by Crippen LogP contribution is 2.33. The summed E-state index contributed by atoms with van der Waals surface area (Å²) in [6, 6.07) is 18.4. The second-order valence-corrected chi connectivity index (χ2v) is 10.5. The van der Waals surface area contributed by atoms with Gasteiger partial charge in [-0.1, -0.05) is 66.4 Å². The van der Waals surface area contributed by atoms with Gasteiger partial charge in [0.2, 0.25) is 5.91 Å². The van der Waals surface area contributed by atoms with Crippen LogP contribution in [0.5, 0.6) is 0 Å². The largest absolute Gasteiger partial charge is 0.325 e. The maximum Gasteiger partial charge on any atom is 0.264 e. The third kappa shape index (κ3) is 6.50. The van der Waals surface area contributed by atoms with E-state index in [0.29, 0.717) is 10.7 Å². The molecule has 0 fully saturated rings. The molecule has 0 spiro atoms. The van der Waals surface area contributed by atoms with Crippen LogP contribution in [0.15, 0.2) is 71.6 Å². The second kappa shape index (κ2) is 11.1. The standard InChI is InChI=1S/C25H26Cl2N2O3S/c1-3-4-5-19-8-11-21(12-9-19)28-25(30)17-29(24-16-20(26)10-15-23(24)27)33(31,32)22-13-6-18(2)7-14-22/h6-16H,3-5,17H2,1-2H3,(H,28,30). The van der Waals surface area contributed by atoms with Crippen molar-refractivity contribution in [2.75, 3.05) is 16.2 Å². The number of sulfonamides is 1. The van der Waals surface area contributed by atoms with E-state index in [1.807, 2.05) is 31.2 Å². The molecule has 1 N–H and O–H groups in total. The first kappa shape index (κ1) is 25.1. The van der Waals surface area contributed by atoms with Gasteiger partial charge in [0.15, 0.2) is 0 Å². The van der Waals surface area contributed by atoms with E-state index in [2.05, 4.69) is 12.2 Å². The van der Waals surface area contributed by atoms with Crippen LogP contribution in [0.2, 0.25) is 10.0 Å². The van der Waals surface area contributed by atoms with E-state index in [1.165, 1.54) is 29.8 Å². The Kier molecular flexibility index (Phi) is 8.40. The fraction of sp³-hybridized carbons (Fsp3) is 0.240. The summed E-state index contributed by atoms with van der Waals surface area (Å²) in [5.74, 6) is -0.497. The Bertz CT molecular complexity index is 1210. The van der Waals surface area contributed by atoms with Gasteiger partial charge < -0.3 is 5.32 Å². The van der Waals surface area contributed by atoms with Crippen molar-refractivity contribution in [3.05, 3.63) is 87.9 Å². The molecule has 0 unspecified atom stereocenters. The van der Waals surface area contributed by atoms with E-state index in [-0.39, 0.29) is 15.6 Å². The SMILES string of the molecule is CCCCc1ccc(NC(=O)CN(c2cc(Cl)ccc2Cl)S(=O)(=O)c2ccc(C)cc2)cc1. The zero-order valence-corrected chi connectivity index (χ0v) is 20.8. The van der Waals surface area contributed by atoms with E-state index < -0.39 is 22.5 Å². The van der Waals surface area contributed by atoms with Crippen LogP contribution >= 0.6 is 23.2 Å². The summed E-state index contributed by atoms with van der Waals surface area (Å²) in [4.78, 5) is 12.9. The highest BCUT2D eigenvalue weighted by Gasteiger charge is 2.29. The van der Waals surface area contributed by atoms with Gasteiger partial charge in [-0.25, -0.2) is 8.42 Å². The van der Waals surface area contributed by atoms with Crippen LogP contribution in [0.1, 0.15) is 30.9 Å². The van der Waals surface area contributed by atoms with Crippen molar-refractivity contribution < 1.29 is 13.2 Å². The van der Waals surface area contributed by atoms with Crippen molar-refractivity contribution in [2.24, 2.45) is 0 Å². The summed E-state index contributed by atoms with van der Waals surface area (Å²) in [6.45, 7) is 3.54. The quantitative estimate of drug-likeness (QED) is 0.362. The predicted molar refractivity (Wildman–Crippen MR) is 136 cm³/mol. The fourth-order valence-electron chi connectivity index (χ4n) is 3.28. The Labute approximate surface area is 205 Å². The zero-order valence-electron chi connectivity index (χ0n) is 18.5. The number of aryl methyl sites for hydroxylation is 2. The highest BCUT2D eigenvalue weighted by atomic mass is 35.5. The van der Waals surface area contributed by atoms with Crippen LogP contribution in [0.4, 0.5) is 11.4 Å². The molecule has 0 bridgehead atoms. The minimum atomic E-state index is -4.09. The van der Waals surface area contributed by atoms with Gasteiger partial charge in [-0.15, -0.1) is 0 Å². The molecule has 0 saturated carbocycles. The van der Waals surface area contributed by atoms with Crippen LogP contribution in [0, 0.1) is 6.92 Å². The molecule has 0 heterocycles. The number of hydrogen-bond acceptors (Lipinski definition) is 3. The average Bonchev–Trinajstić information content (AvgIpc) is 2.79. The van der Waals surface area contributed by atoms with Crippen molar-refractivity contribution in [3.8, 4) is 0 Å². The van der Waals surface area contributed by atoms with Crippen LogP contribution in [0.3, 0.4) is 0 Å². The smallest absolute Gasteiger partial charge is 0.264 e. The normalized spacial score (nSPS) is 11.3. The number of anilines is 2. The number of benzene rings is 3. The van der Waals surface area contributed by atoms with Crippen LogP contribution in [-0.4, -0.2) is 20.9 Å². The van der Waals surface area contributed by atoms with Crippen molar-refractivity contribution in [3.63, 3.8) is 0 Å². The Morgan fingerprint density at radius 2 is 1.64 bits per heavy atom. The average molecular weight is 505 g/mol. The lowest BCUT2D eigenvalue weighted by molar-refractivity contribution is -0.114. The Hall–Kier alpha value is -2.54. The molecule has 0 aliphatic carbocycles. The second-order valence-electron chi connectivity index (χ2n) is 7.77. The molecule has 1 amide bonds. The molecular formula is C25H26Cl2N2O3S. The van der Waals surface area contributed by atoms with Crippen molar-refractivity contribution in [1.82, 2.24) is 0 Å². The van der Waals surface area contributed by atoms with Crippen molar-refractivity contribution in [2.45, 2.75) is 38.0 Å². The van der Waals surface area contributed by atoms with Crippen LogP contribution in [0.25, 0.3) is 0 Å². The molecule has 0 atom stereocenters. The number of unbranched alkanes of at least 4 members (excludes halogenated alkanes) is 1. The lowest BCUT2D eigenvalue weighted by Gasteiger charge is -2.25. The first-order chi connectivity index (χ1) is 15.7. The molecule has 0 aliphatic rings. The van der Waals surface area contributed by atoms with Gasteiger partial charge in [0, 0.05) is 10.7 Å². The molecule has 0 aliphatic heterocycles. The maximum atomic E-state index is 13.5. The van der Waals surface area contributed by atoms with Gasteiger partial charge in [-0.05, 0) is 67.8 Å². The van der Waals surface area contributed by atoms with Gasteiger partial charge >= 0.3 is 0 Å². The molecule has 174 valence electrons. The summed E-state index contributed by atoms with van der Waals surface area (Å²) in [5, 5.41) is 3.25. The van der Waals surface area contributed by atoms with E-state index in [4.69, 9.17) is 23.2 Å². The molecule has 0 radical (unpaired) electrons. The first-order valence-electron chi connectivity index (χ1n) is 10.6. The lowest BCUT2D eigenvalue weighted by Crippen LogP contribution is -2.38. The number of hydrogen-bond donors (Lipinski definition) is 1. The third-order valence-electron chi connectivity index (χ3n) is 5.13. The summed E-state index contributed by atoms with van der Waals surface area (Å²) in [5.41, 5.74) is 2.82. The minimum absolute atomic E-state index is 0.0530. The molecule has 3 aromatic rings. The van der Waals surface area contributed by atoms with E-state index in [1.54, 1.807) is 18.2 Å². The number of rotatable bonds is 9. The monoisotopic (exact) mass is 504 g/mol. The zero-order chi connectivity index (χ0) is 24.0. The fourth-order valence-corrected chi connectivity index (χ4v) is 5.15. The lowest BCUT2D eigenvalue weighted by atomic mass is 10.1. The molecule has 0 aromatic heterocycles. The Morgan fingerprint density at radius 3 is 2.27 bits per heavy atom. The summed E-state index contributed by atoms with van der Waals surface area (Å²) in [7, 11) is -4.09. The summed E-state index contributed by atoms with van der Waals surface area (Å²) >= 11 is 12.4. The van der Waals surface area contributed by atoms with Gasteiger partial charge in [0.1, 0.15) is 6.54 Å². The predicted octanol–water partition coefficient (Wildman–Crippen LogP) is 6.48. The third-order valence-corrected chi connectivity index (χ3v) is 7.46. The maximum absolute atomic E-state index is 13.5. The van der Waals surface area contributed by atoms with Gasteiger partial charge in [-0.3, -0.25) is 9.10 Å². The highest BCUT2D eigenvalue weighted by molar-refractivity contribution is 7.92. The molecule has 33 heavy (non-hydrogen) atoms. The van der Waals surface area contributed by atoms with Gasteiger partial charge in [-0.2, -0.15) is 0 Å². The first-order valence-corrected chi connectivity index (χ1v) is 12.8. The number of amides is 1. The number of nitrogens with one attached hydrogen (secondary N) is 1. The topological polar surface area (TPSA) is 66.5 Å². The van der Waals surface area contributed by atoms with E-state index >= 15 is 0 Å². The minimum Gasteiger partial charge on any atom is -0.325 e. The Balaban J connectivity index is 1.89. The number of carbonyl (C=O) groups excluding carboxylic acids is 1. The number of halogens is 2. The van der Waals surface area contributed by atoms with Gasteiger partial charge in [0.05, 0.1) is 15.6 Å².